The molecule has 0 unspecified atom stereocenters. The molecule has 1 aromatic carbocycles. The summed E-state index contributed by atoms with van der Waals surface area (Å²) in [6.45, 7) is 2.94. The molecule has 3 rings (SSSR count). The maximum absolute atomic E-state index is 10.2. The Morgan fingerprint density at radius 3 is 2.90 bits per heavy atom. The van der Waals surface area contributed by atoms with Crippen LogP contribution >= 0.6 is 0 Å². The van der Waals surface area contributed by atoms with Crippen molar-refractivity contribution in [2.24, 2.45) is 0 Å². The second-order valence-corrected chi connectivity index (χ2v) is 4.83. The van der Waals surface area contributed by atoms with E-state index in [-0.39, 0.29) is 5.75 Å². The topological polar surface area (TPSA) is 60.2 Å². The molecular formula is C16H17N3O2. The Balaban J connectivity index is 2.26. The first-order chi connectivity index (χ1) is 10.2. The van der Waals surface area contributed by atoms with Gasteiger partial charge in [0, 0.05) is 12.7 Å². The van der Waals surface area contributed by atoms with Crippen molar-refractivity contribution in [3.8, 4) is 22.9 Å². The normalized spacial score (nSPS) is 11.0. The van der Waals surface area contributed by atoms with Gasteiger partial charge in [0.25, 0.3) is 0 Å². The SMILES string of the molecule is CCCn1c(-c2cc(OC)ccc2O)nc2cnccc21. The van der Waals surface area contributed by atoms with Crippen LogP contribution in [0, 0.1) is 0 Å². The number of rotatable bonds is 4. The van der Waals surface area contributed by atoms with Crippen molar-refractivity contribution in [1.82, 2.24) is 14.5 Å². The zero-order chi connectivity index (χ0) is 14.8. The van der Waals surface area contributed by atoms with E-state index in [0.717, 1.165) is 29.8 Å². The van der Waals surface area contributed by atoms with E-state index in [9.17, 15) is 5.11 Å². The molecule has 108 valence electrons. The number of nitrogens with zero attached hydrogens (tertiary/aromatic N) is 3. The van der Waals surface area contributed by atoms with Crippen LogP contribution in [-0.4, -0.2) is 26.8 Å². The summed E-state index contributed by atoms with van der Waals surface area (Å²) in [5, 5.41) is 10.2. The third-order valence-electron chi connectivity index (χ3n) is 3.44. The quantitative estimate of drug-likeness (QED) is 0.798. The number of phenols is 1. The highest BCUT2D eigenvalue weighted by atomic mass is 16.5. The fourth-order valence-electron chi connectivity index (χ4n) is 2.46. The molecule has 3 aromatic rings. The lowest BCUT2D eigenvalue weighted by molar-refractivity contribution is 0.412. The summed E-state index contributed by atoms with van der Waals surface area (Å²) < 4.78 is 7.35. The number of aromatic nitrogens is 3. The van der Waals surface area contributed by atoms with E-state index in [2.05, 4.69) is 21.5 Å². The first kappa shape index (κ1) is 13.4. The summed E-state index contributed by atoms with van der Waals surface area (Å²) in [7, 11) is 1.61. The van der Waals surface area contributed by atoms with Crippen LogP contribution in [0.3, 0.4) is 0 Å². The standard InChI is InChI=1S/C16H17N3O2/c1-3-8-19-14-6-7-17-10-13(14)18-16(19)12-9-11(21-2)4-5-15(12)20/h4-7,9-10,20H,3,8H2,1-2H3. The lowest BCUT2D eigenvalue weighted by Crippen LogP contribution is -2.00. The summed E-state index contributed by atoms with van der Waals surface area (Å²) in [5.41, 5.74) is 2.51. The van der Waals surface area contributed by atoms with Crippen LogP contribution in [0.15, 0.2) is 36.7 Å². The third kappa shape index (κ3) is 2.31. The van der Waals surface area contributed by atoms with E-state index in [4.69, 9.17) is 4.74 Å². The Morgan fingerprint density at radius 1 is 1.29 bits per heavy atom. The summed E-state index contributed by atoms with van der Waals surface area (Å²) >= 11 is 0. The Hall–Kier alpha value is -2.56. The Kier molecular flexibility index (Phi) is 3.48. The predicted octanol–water partition coefficient (Wildman–Crippen LogP) is 3.22. The molecule has 0 saturated carbocycles. The largest absolute Gasteiger partial charge is 0.507 e. The lowest BCUT2D eigenvalue weighted by atomic mass is 10.1. The molecule has 1 N–H and O–H groups in total. The van der Waals surface area contributed by atoms with Gasteiger partial charge in [-0.2, -0.15) is 0 Å². The van der Waals surface area contributed by atoms with E-state index in [1.54, 1.807) is 37.7 Å². The average molecular weight is 283 g/mol. The van der Waals surface area contributed by atoms with Crippen molar-refractivity contribution < 1.29 is 9.84 Å². The molecule has 0 aliphatic rings. The molecular weight excluding hydrogens is 266 g/mol. The van der Waals surface area contributed by atoms with Gasteiger partial charge in [0.2, 0.25) is 0 Å². The Bertz CT molecular complexity index is 780. The monoisotopic (exact) mass is 283 g/mol. The molecule has 0 atom stereocenters. The lowest BCUT2D eigenvalue weighted by Gasteiger charge is -2.10. The fourth-order valence-corrected chi connectivity index (χ4v) is 2.46. The maximum Gasteiger partial charge on any atom is 0.145 e. The molecule has 0 spiro atoms. The number of benzene rings is 1. The first-order valence-corrected chi connectivity index (χ1v) is 6.92. The van der Waals surface area contributed by atoms with Crippen LogP contribution in [0.1, 0.15) is 13.3 Å². The Morgan fingerprint density at radius 2 is 2.14 bits per heavy atom. The number of aromatic hydroxyl groups is 1. The van der Waals surface area contributed by atoms with Crippen LogP contribution in [0.25, 0.3) is 22.4 Å². The molecule has 0 aliphatic heterocycles. The van der Waals surface area contributed by atoms with Gasteiger partial charge < -0.3 is 14.4 Å². The van der Waals surface area contributed by atoms with Gasteiger partial charge in [-0.3, -0.25) is 4.98 Å². The van der Waals surface area contributed by atoms with Crippen molar-refractivity contribution in [3.05, 3.63) is 36.7 Å². The van der Waals surface area contributed by atoms with E-state index in [1.807, 2.05) is 6.07 Å². The predicted molar refractivity (Wildman–Crippen MR) is 81.5 cm³/mol. The van der Waals surface area contributed by atoms with Crippen molar-refractivity contribution in [3.63, 3.8) is 0 Å². The molecule has 0 saturated heterocycles. The third-order valence-corrected chi connectivity index (χ3v) is 3.44. The van der Waals surface area contributed by atoms with Crippen LogP contribution in [0.4, 0.5) is 0 Å². The van der Waals surface area contributed by atoms with Crippen LogP contribution in [0.5, 0.6) is 11.5 Å². The number of phenolic OH excluding ortho intramolecular Hbond substituents is 1. The summed E-state index contributed by atoms with van der Waals surface area (Å²) in [6.07, 6.45) is 4.47. The molecule has 21 heavy (non-hydrogen) atoms. The van der Waals surface area contributed by atoms with Crippen LogP contribution < -0.4 is 4.74 Å². The van der Waals surface area contributed by atoms with Gasteiger partial charge in [0.1, 0.15) is 22.8 Å². The molecule has 0 aliphatic carbocycles. The first-order valence-electron chi connectivity index (χ1n) is 6.92. The minimum atomic E-state index is 0.191. The maximum atomic E-state index is 10.2. The van der Waals surface area contributed by atoms with E-state index in [0.29, 0.717) is 11.3 Å². The zero-order valence-corrected chi connectivity index (χ0v) is 12.1. The molecule has 2 aromatic heterocycles. The summed E-state index contributed by atoms with van der Waals surface area (Å²) in [4.78, 5) is 8.74. The van der Waals surface area contributed by atoms with E-state index in [1.165, 1.54) is 0 Å². The number of imidazole rings is 1. The zero-order valence-electron chi connectivity index (χ0n) is 12.1. The van der Waals surface area contributed by atoms with Gasteiger partial charge in [-0.05, 0) is 30.7 Å². The average Bonchev–Trinajstić information content (AvgIpc) is 2.87. The van der Waals surface area contributed by atoms with Gasteiger partial charge in [0.05, 0.1) is 24.4 Å². The molecule has 0 bridgehead atoms. The van der Waals surface area contributed by atoms with Crippen molar-refractivity contribution >= 4 is 11.0 Å². The second-order valence-electron chi connectivity index (χ2n) is 4.83. The van der Waals surface area contributed by atoms with Crippen LogP contribution in [0.2, 0.25) is 0 Å². The molecule has 2 heterocycles. The van der Waals surface area contributed by atoms with Gasteiger partial charge in [-0.15, -0.1) is 0 Å². The second kappa shape index (κ2) is 5.44. The number of pyridine rings is 1. The molecule has 5 heteroatoms. The minimum Gasteiger partial charge on any atom is -0.507 e. The summed E-state index contributed by atoms with van der Waals surface area (Å²) in [6, 6.07) is 7.10. The van der Waals surface area contributed by atoms with Crippen LogP contribution in [-0.2, 0) is 6.54 Å². The number of hydrogen-bond donors (Lipinski definition) is 1. The number of methoxy groups -OCH3 is 1. The van der Waals surface area contributed by atoms with Crippen molar-refractivity contribution in [2.75, 3.05) is 7.11 Å². The summed E-state index contributed by atoms with van der Waals surface area (Å²) in [5.74, 6) is 1.61. The van der Waals surface area contributed by atoms with Gasteiger partial charge in [0.15, 0.2) is 0 Å². The van der Waals surface area contributed by atoms with Gasteiger partial charge in [-0.25, -0.2) is 4.98 Å². The van der Waals surface area contributed by atoms with Gasteiger partial charge in [-0.1, -0.05) is 6.92 Å². The highest BCUT2D eigenvalue weighted by Crippen LogP contribution is 2.34. The highest BCUT2D eigenvalue weighted by Gasteiger charge is 2.16. The molecule has 0 radical (unpaired) electrons. The molecule has 0 amide bonds. The molecule has 5 nitrogen and oxygen atoms in total. The minimum absolute atomic E-state index is 0.191. The van der Waals surface area contributed by atoms with E-state index < -0.39 is 0 Å². The van der Waals surface area contributed by atoms with Gasteiger partial charge >= 0.3 is 0 Å². The number of ether oxygens (including phenoxy) is 1. The number of aryl methyl sites for hydroxylation is 1. The Labute approximate surface area is 122 Å². The highest BCUT2D eigenvalue weighted by molar-refractivity contribution is 5.81. The van der Waals surface area contributed by atoms with E-state index >= 15 is 0 Å². The number of fused-ring (bicyclic) bond motifs is 1. The fraction of sp³-hybridized carbons (Fsp3) is 0.250. The van der Waals surface area contributed by atoms with Crippen molar-refractivity contribution in [1.29, 1.82) is 0 Å². The molecule has 0 fully saturated rings. The smallest absolute Gasteiger partial charge is 0.145 e. The number of hydrogen-bond acceptors (Lipinski definition) is 4. The van der Waals surface area contributed by atoms with Crippen molar-refractivity contribution in [2.45, 2.75) is 19.9 Å².